The molecule has 2 aliphatic rings. The lowest BCUT2D eigenvalue weighted by molar-refractivity contribution is -0.119. The Bertz CT molecular complexity index is 1010. The zero-order chi connectivity index (χ0) is 21.9. The van der Waals surface area contributed by atoms with Crippen molar-refractivity contribution in [3.05, 3.63) is 42.7 Å². The summed E-state index contributed by atoms with van der Waals surface area (Å²) in [6.07, 6.45) is 7.26. The van der Waals surface area contributed by atoms with Crippen molar-refractivity contribution in [2.75, 3.05) is 42.2 Å². The van der Waals surface area contributed by atoms with Crippen molar-refractivity contribution in [2.24, 2.45) is 0 Å². The van der Waals surface area contributed by atoms with Crippen LogP contribution in [0, 0.1) is 0 Å². The number of benzene rings is 1. The third kappa shape index (κ3) is 4.57. The van der Waals surface area contributed by atoms with Crippen molar-refractivity contribution in [1.82, 2.24) is 4.57 Å². The molecule has 0 bridgehead atoms. The first-order chi connectivity index (χ1) is 14.9. The second kappa shape index (κ2) is 8.92. The number of amides is 1. The fraction of sp³-hybridized carbons (Fsp3) is 0.500. The zero-order valence-electron chi connectivity index (χ0n) is 17.7. The van der Waals surface area contributed by atoms with Gasteiger partial charge in [-0.05, 0) is 56.0 Å². The minimum Gasteiger partial charge on any atom is -0.495 e. The first-order valence-electron chi connectivity index (χ1n) is 10.6. The summed E-state index contributed by atoms with van der Waals surface area (Å²) >= 11 is 0. The molecule has 168 valence electrons. The lowest BCUT2D eigenvalue weighted by atomic mass is 9.86. The molecule has 1 aromatic carbocycles. The number of methoxy groups -OCH3 is 1. The average Bonchev–Trinajstić information content (AvgIpc) is 3.30. The Morgan fingerprint density at radius 3 is 2.61 bits per heavy atom. The summed E-state index contributed by atoms with van der Waals surface area (Å²) in [7, 11) is -1.88. The summed E-state index contributed by atoms with van der Waals surface area (Å²) in [5, 5.41) is 2.96. The van der Waals surface area contributed by atoms with E-state index in [9.17, 15) is 13.2 Å². The van der Waals surface area contributed by atoms with Crippen LogP contribution < -0.4 is 14.4 Å². The SMILES string of the molecule is COc1ccc(NC(=O)CC2(n3cccc3)CCOCC2)cc1N1CCCCS1(=O)=O. The van der Waals surface area contributed by atoms with Gasteiger partial charge in [-0.1, -0.05) is 0 Å². The fourth-order valence-corrected chi connectivity index (χ4v) is 6.09. The summed E-state index contributed by atoms with van der Waals surface area (Å²) in [4.78, 5) is 13.0. The number of nitrogens with zero attached hydrogens (tertiary/aromatic N) is 2. The van der Waals surface area contributed by atoms with E-state index in [1.54, 1.807) is 18.2 Å². The Morgan fingerprint density at radius 2 is 1.94 bits per heavy atom. The van der Waals surface area contributed by atoms with E-state index in [2.05, 4.69) is 9.88 Å². The summed E-state index contributed by atoms with van der Waals surface area (Å²) in [6, 6.07) is 9.05. The number of anilines is 2. The molecule has 0 radical (unpaired) electrons. The van der Waals surface area contributed by atoms with Gasteiger partial charge in [0.15, 0.2) is 0 Å². The molecule has 9 heteroatoms. The largest absolute Gasteiger partial charge is 0.495 e. The third-order valence-corrected chi connectivity index (χ3v) is 8.00. The highest BCUT2D eigenvalue weighted by Crippen LogP contribution is 2.36. The quantitative estimate of drug-likeness (QED) is 0.735. The number of hydrogen-bond donors (Lipinski definition) is 1. The van der Waals surface area contributed by atoms with Crippen molar-refractivity contribution in [3.8, 4) is 5.75 Å². The molecule has 31 heavy (non-hydrogen) atoms. The van der Waals surface area contributed by atoms with Gasteiger partial charge in [0.1, 0.15) is 5.75 Å². The van der Waals surface area contributed by atoms with Crippen LogP contribution in [0.5, 0.6) is 5.75 Å². The molecule has 0 spiro atoms. The summed E-state index contributed by atoms with van der Waals surface area (Å²) in [5.74, 6) is 0.471. The van der Waals surface area contributed by atoms with Crippen molar-refractivity contribution in [2.45, 2.75) is 37.6 Å². The number of hydrogen-bond acceptors (Lipinski definition) is 5. The van der Waals surface area contributed by atoms with E-state index in [1.807, 2.05) is 24.5 Å². The van der Waals surface area contributed by atoms with E-state index in [4.69, 9.17) is 9.47 Å². The number of carbonyl (C=O) groups is 1. The average molecular weight is 448 g/mol. The summed E-state index contributed by atoms with van der Waals surface area (Å²) in [6.45, 7) is 1.64. The molecule has 2 saturated heterocycles. The van der Waals surface area contributed by atoms with Crippen molar-refractivity contribution in [1.29, 1.82) is 0 Å². The van der Waals surface area contributed by atoms with Crippen LogP contribution in [-0.2, 0) is 25.1 Å². The highest BCUT2D eigenvalue weighted by atomic mass is 32.2. The fourth-order valence-electron chi connectivity index (χ4n) is 4.45. The number of rotatable bonds is 6. The van der Waals surface area contributed by atoms with Crippen LogP contribution in [0.4, 0.5) is 11.4 Å². The van der Waals surface area contributed by atoms with Crippen LogP contribution in [0.25, 0.3) is 0 Å². The molecule has 2 fully saturated rings. The maximum Gasteiger partial charge on any atom is 0.235 e. The minimum absolute atomic E-state index is 0.117. The van der Waals surface area contributed by atoms with Crippen LogP contribution >= 0.6 is 0 Å². The number of sulfonamides is 1. The number of aromatic nitrogens is 1. The molecule has 1 N–H and O–H groups in total. The van der Waals surface area contributed by atoms with Gasteiger partial charge in [0.25, 0.3) is 0 Å². The van der Waals surface area contributed by atoms with Crippen LogP contribution in [0.2, 0.25) is 0 Å². The summed E-state index contributed by atoms with van der Waals surface area (Å²) in [5.41, 5.74) is 0.694. The number of ether oxygens (including phenoxy) is 2. The van der Waals surface area contributed by atoms with Crippen molar-refractivity contribution >= 4 is 27.3 Å². The van der Waals surface area contributed by atoms with Gasteiger partial charge in [-0.15, -0.1) is 0 Å². The van der Waals surface area contributed by atoms with Crippen LogP contribution in [0.1, 0.15) is 32.1 Å². The van der Waals surface area contributed by atoms with Crippen LogP contribution in [-0.4, -0.2) is 51.5 Å². The molecule has 0 saturated carbocycles. The van der Waals surface area contributed by atoms with Crippen LogP contribution in [0.15, 0.2) is 42.7 Å². The van der Waals surface area contributed by atoms with Gasteiger partial charge in [0, 0.05) is 37.8 Å². The Morgan fingerprint density at radius 1 is 1.19 bits per heavy atom. The van der Waals surface area contributed by atoms with Gasteiger partial charge in [0.2, 0.25) is 15.9 Å². The predicted molar refractivity (Wildman–Crippen MR) is 119 cm³/mol. The van der Waals surface area contributed by atoms with E-state index < -0.39 is 10.0 Å². The standard InChI is InChI=1S/C22H29N3O5S/c1-29-20-7-6-18(16-19(20)25-12-4-5-15-31(25,27)28)23-21(26)17-22(8-13-30-14-9-22)24-10-2-3-11-24/h2-3,6-7,10-11,16H,4-5,8-9,12-15,17H2,1H3,(H,23,26). The highest BCUT2D eigenvalue weighted by molar-refractivity contribution is 7.92. The van der Waals surface area contributed by atoms with Gasteiger partial charge < -0.3 is 19.4 Å². The monoisotopic (exact) mass is 447 g/mol. The van der Waals surface area contributed by atoms with E-state index in [0.717, 1.165) is 19.3 Å². The smallest absolute Gasteiger partial charge is 0.235 e. The topological polar surface area (TPSA) is 89.9 Å². The van der Waals surface area contributed by atoms with Gasteiger partial charge in [-0.25, -0.2) is 8.42 Å². The molecule has 3 heterocycles. The first-order valence-corrected chi connectivity index (χ1v) is 12.2. The molecule has 1 amide bonds. The normalized spacial score (nSPS) is 20.2. The molecule has 4 rings (SSSR count). The second-order valence-electron chi connectivity index (χ2n) is 8.13. The number of carbonyl (C=O) groups excluding carboxylic acids is 1. The Hall–Kier alpha value is -2.52. The first kappa shape index (κ1) is 21.7. The molecule has 8 nitrogen and oxygen atoms in total. The molecule has 0 unspecified atom stereocenters. The molecule has 2 aromatic rings. The van der Waals surface area contributed by atoms with Gasteiger partial charge in [0.05, 0.1) is 30.5 Å². The Balaban J connectivity index is 1.55. The van der Waals surface area contributed by atoms with E-state index >= 15 is 0 Å². The lowest BCUT2D eigenvalue weighted by Crippen LogP contribution is -2.42. The third-order valence-electron chi connectivity index (χ3n) is 6.15. The minimum atomic E-state index is -3.39. The Kier molecular flexibility index (Phi) is 6.24. The van der Waals surface area contributed by atoms with Gasteiger partial charge >= 0.3 is 0 Å². The number of nitrogens with one attached hydrogen (secondary N) is 1. The van der Waals surface area contributed by atoms with Crippen LogP contribution in [0.3, 0.4) is 0 Å². The lowest BCUT2D eigenvalue weighted by Gasteiger charge is -2.38. The summed E-state index contributed by atoms with van der Waals surface area (Å²) < 4.78 is 39.6. The predicted octanol–water partition coefficient (Wildman–Crippen LogP) is 2.96. The Labute approximate surface area is 183 Å². The van der Waals surface area contributed by atoms with Crippen molar-refractivity contribution in [3.63, 3.8) is 0 Å². The molecule has 0 atom stereocenters. The van der Waals surface area contributed by atoms with Gasteiger partial charge in [-0.3, -0.25) is 9.10 Å². The zero-order valence-corrected chi connectivity index (χ0v) is 18.6. The van der Waals surface area contributed by atoms with E-state index in [-0.39, 0.29) is 17.2 Å². The maximum atomic E-state index is 13.0. The second-order valence-corrected chi connectivity index (χ2v) is 10.1. The van der Waals surface area contributed by atoms with E-state index in [0.29, 0.717) is 49.7 Å². The van der Waals surface area contributed by atoms with Gasteiger partial charge in [-0.2, -0.15) is 0 Å². The molecule has 1 aromatic heterocycles. The van der Waals surface area contributed by atoms with E-state index in [1.165, 1.54) is 11.4 Å². The molecular weight excluding hydrogens is 418 g/mol. The molecular formula is C22H29N3O5S. The molecule has 0 aliphatic carbocycles. The maximum absolute atomic E-state index is 13.0. The highest BCUT2D eigenvalue weighted by Gasteiger charge is 2.36. The molecule has 2 aliphatic heterocycles. The van der Waals surface area contributed by atoms with Crippen molar-refractivity contribution < 1.29 is 22.7 Å².